The average molecular weight is 293 g/mol. The van der Waals surface area contributed by atoms with Gasteiger partial charge in [0.2, 0.25) is 0 Å². The zero-order valence-electron chi connectivity index (χ0n) is 9.06. The van der Waals surface area contributed by atoms with Crippen LogP contribution in [0.15, 0.2) is 16.6 Å². The molecule has 0 aliphatic rings. The van der Waals surface area contributed by atoms with E-state index in [0.717, 1.165) is 12.8 Å². The number of rotatable bonds is 5. The minimum Gasteiger partial charge on any atom is -0.271 e. The molecule has 0 amide bonds. The summed E-state index contributed by atoms with van der Waals surface area (Å²) in [6, 6.07) is 2.50. The summed E-state index contributed by atoms with van der Waals surface area (Å²) in [6.45, 7) is 2.00. The summed E-state index contributed by atoms with van der Waals surface area (Å²) in [5.74, 6) is 4.26. The van der Waals surface area contributed by atoms with Crippen molar-refractivity contribution in [2.45, 2.75) is 32.2 Å². The summed E-state index contributed by atoms with van der Waals surface area (Å²) in [5.41, 5.74) is 2.65. The van der Waals surface area contributed by atoms with E-state index in [1.165, 1.54) is 12.1 Å². The van der Waals surface area contributed by atoms with Gasteiger partial charge < -0.3 is 0 Å². The molecule has 3 N–H and O–H groups in total. The van der Waals surface area contributed by atoms with Gasteiger partial charge in [0.15, 0.2) is 0 Å². The van der Waals surface area contributed by atoms with E-state index in [1.807, 2.05) is 6.92 Å². The molecule has 0 saturated carbocycles. The minimum atomic E-state index is -0.545. The molecule has 1 atom stereocenters. The molecule has 0 aliphatic heterocycles. The van der Waals surface area contributed by atoms with Crippen LogP contribution >= 0.6 is 15.9 Å². The predicted molar refractivity (Wildman–Crippen MR) is 63.8 cm³/mol. The fourth-order valence-corrected chi connectivity index (χ4v) is 1.97. The van der Waals surface area contributed by atoms with Crippen molar-refractivity contribution in [3.05, 3.63) is 33.8 Å². The molecule has 0 bridgehead atoms. The van der Waals surface area contributed by atoms with Crippen molar-refractivity contribution < 1.29 is 8.78 Å². The van der Waals surface area contributed by atoms with Gasteiger partial charge in [0.1, 0.15) is 11.6 Å². The average Bonchev–Trinajstić information content (AvgIpc) is 2.28. The number of hydrazine groups is 1. The Hall–Kier alpha value is -0.520. The second-order valence-corrected chi connectivity index (χ2v) is 4.53. The standard InChI is InChI=1S/C11H15BrF2N2/c1-2-3-7(16-15)6-8-10(13)5-4-9(12)11(8)14/h4-5,7,16H,2-3,6,15H2,1H3. The van der Waals surface area contributed by atoms with E-state index >= 15 is 0 Å². The van der Waals surface area contributed by atoms with Crippen LogP contribution in [0.25, 0.3) is 0 Å². The van der Waals surface area contributed by atoms with E-state index in [2.05, 4.69) is 21.4 Å². The Morgan fingerprint density at radius 1 is 1.44 bits per heavy atom. The highest BCUT2D eigenvalue weighted by molar-refractivity contribution is 9.10. The Morgan fingerprint density at radius 3 is 2.69 bits per heavy atom. The summed E-state index contributed by atoms with van der Waals surface area (Å²) < 4.78 is 27.4. The molecule has 0 aromatic heterocycles. The first-order valence-electron chi connectivity index (χ1n) is 5.18. The molecule has 0 fully saturated rings. The zero-order valence-corrected chi connectivity index (χ0v) is 10.7. The molecule has 0 saturated heterocycles. The van der Waals surface area contributed by atoms with Gasteiger partial charge in [-0.2, -0.15) is 0 Å². The molecule has 0 radical (unpaired) electrons. The molecular weight excluding hydrogens is 278 g/mol. The third kappa shape index (κ3) is 3.23. The Balaban J connectivity index is 2.90. The predicted octanol–water partition coefficient (Wildman–Crippen LogP) is 2.90. The molecule has 1 aromatic carbocycles. The highest BCUT2D eigenvalue weighted by Crippen LogP contribution is 2.23. The van der Waals surface area contributed by atoms with E-state index < -0.39 is 11.6 Å². The fourth-order valence-electron chi connectivity index (χ4n) is 1.60. The largest absolute Gasteiger partial charge is 0.271 e. The SMILES string of the molecule is CCCC(Cc1c(F)ccc(Br)c1F)NN. The second kappa shape index (κ2) is 6.27. The lowest BCUT2D eigenvalue weighted by molar-refractivity contribution is 0.459. The van der Waals surface area contributed by atoms with Crippen LogP contribution in [-0.2, 0) is 6.42 Å². The van der Waals surface area contributed by atoms with Crippen LogP contribution in [0.2, 0.25) is 0 Å². The van der Waals surface area contributed by atoms with Gasteiger partial charge in [0, 0.05) is 11.6 Å². The Kier molecular flexibility index (Phi) is 5.31. The molecule has 1 rings (SSSR count). The van der Waals surface area contributed by atoms with Gasteiger partial charge in [-0.15, -0.1) is 0 Å². The summed E-state index contributed by atoms with van der Waals surface area (Å²) in [5, 5.41) is 0. The van der Waals surface area contributed by atoms with Gasteiger partial charge >= 0.3 is 0 Å². The van der Waals surface area contributed by atoms with Gasteiger partial charge in [-0.3, -0.25) is 11.3 Å². The quantitative estimate of drug-likeness (QED) is 0.497. The van der Waals surface area contributed by atoms with Crippen LogP contribution in [0.1, 0.15) is 25.3 Å². The van der Waals surface area contributed by atoms with E-state index in [-0.39, 0.29) is 22.5 Å². The van der Waals surface area contributed by atoms with Crippen molar-refractivity contribution >= 4 is 15.9 Å². The van der Waals surface area contributed by atoms with Gasteiger partial charge in [0.25, 0.3) is 0 Å². The monoisotopic (exact) mass is 292 g/mol. The Labute approximate surface area is 102 Å². The van der Waals surface area contributed by atoms with Crippen molar-refractivity contribution in [2.24, 2.45) is 5.84 Å². The second-order valence-electron chi connectivity index (χ2n) is 3.68. The maximum absolute atomic E-state index is 13.6. The van der Waals surface area contributed by atoms with Gasteiger partial charge in [0.05, 0.1) is 4.47 Å². The van der Waals surface area contributed by atoms with Crippen molar-refractivity contribution in [1.29, 1.82) is 0 Å². The Bertz CT molecular complexity index is 358. The molecule has 2 nitrogen and oxygen atoms in total. The van der Waals surface area contributed by atoms with Crippen LogP contribution < -0.4 is 11.3 Å². The van der Waals surface area contributed by atoms with Gasteiger partial charge in [-0.1, -0.05) is 13.3 Å². The number of benzene rings is 1. The van der Waals surface area contributed by atoms with Crippen LogP contribution in [-0.4, -0.2) is 6.04 Å². The van der Waals surface area contributed by atoms with E-state index in [4.69, 9.17) is 5.84 Å². The van der Waals surface area contributed by atoms with Crippen LogP contribution in [0.3, 0.4) is 0 Å². The Morgan fingerprint density at radius 2 is 2.12 bits per heavy atom. The maximum atomic E-state index is 13.6. The molecule has 90 valence electrons. The molecule has 16 heavy (non-hydrogen) atoms. The summed E-state index contributed by atoms with van der Waals surface area (Å²) in [7, 11) is 0. The number of hydrogen-bond donors (Lipinski definition) is 2. The van der Waals surface area contributed by atoms with E-state index in [9.17, 15) is 8.78 Å². The molecule has 0 spiro atoms. The van der Waals surface area contributed by atoms with E-state index in [1.54, 1.807) is 0 Å². The lowest BCUT2D eigenvalue weighted by Gasteiger charge is -2.16. The van der Waals surface area contributed by atoms with Gasteiger partial charge in [-0.05, 0) is 40.9 Å². The first kappa shape index (κ1) is 13.5. The zero-order chi connectivity index (χ0) is 12.1. The number of nitrogens with one attached hydrogen (secondary N) is 1. The van der Waals surface area contributed by atoms with Crippen LogP contribution in [0.5, 0.6) is 0 Å². The van der Waals surface area contributed by atoms with Crippen molar-refractivity contribution in [2.75, 3.05) is 0 Å². The van der Waals surface area contributed by atoms with Crippen molar-refractivity contribution in [1.82, 2.24) is 5.43 Å². The molecular formula is C11H15BrF2N2. The normalized spacial score (nSPS) is 12.8. The van der Waals surface area contributed by atoms with Gasteiger partial charge in [-0.25, -0.2) is 8.78 Å². The number of halogens is 3. The molecule has 0 heterocycles. The molecule has 1 aromatic rings. The van der Waals surface area contributed by atoms with Crippen molar-refractivity contribution in [3.63, 3.8) is 0 Å². The molecule has 0 aliphatic carbocycles. The van der Waals surface area contributed by atoms with E-state index in [0.29, 0.717) is 0 Å². The summed E-state index contributed by atoms with van der Waals surface area (Å²) in [4.78, 5) is 0. The summed E-state index contributed by atoms with van der Waals surface area (Å²) >= 11 is 3.04. The first-order valence-corrected chi connectivity index (χ1v) is 5.98. The first-order chi connectivity index (χ1) is 7.60. The molecule has 1 unspecified atom stereocenters. The fraction of sp³-hybridized carbons (Fsp3) is 0.455. The minimum absolute atomic E-state index is 0.0748. The number of nitrogens with two attached hydrogens (primary N) is 1. The van der Waals surface area contributed by atoms with Crippen LogP contribution in [0, 0.1) is 11.6 Å². The molecule has 5 heteroatoms. The number of hydrogen-bond acceptors (Lipinski definition) is 2. The third-order valence-electron chi connectivity index (χ3n) is 2.46. The lowest BCUT2D eigenvalue weighted by Crippen LogP contribution is -2.37. The highest BCUT2D eigenvalue weighted by Gasteiger charge is 2.16. The topological polar surface area (TPSA) is 38.0 Å². The third-order valence-corrected chi connectivity index (χ3v) is 3.07. The maximum Gasteiger partial charge on any atom is 0.143 e. The highest BCUT2D eigenvalue weighted by atomic mass is 79.9. The lowest BCUT2D eigenvalue weighted by atomic mass is 10.0. The van der Waals surface area contributed by atoms with Crippen molar-refractivity contribution in [3.8, 4) is 0 Å². The smallest absolute Gasteiger partial charge is 0.143 e. The van der Waals surface area contributed by atoms with Crippen LogP contribution in [0.4, 0.5) is 8.78 Å². The summed E-state index contributed by atoms with van der Waals surface area (Å²) in [6.07, 6.45) is 1.94.